The molecule has 0 spiro atoms. The first-order chi connectivity index (χ1) is 12.2. The van der Waals surface area contributed by atoms with Crippen LogP contribution in [0, 0.1) is 12.8 Å². The Morgan fingerprint density at radius 2 is 1.92 bits per heavy atom. The Balaban J connectivity index is 1.39. The fraction of sp³-hybridized carbons (Fsp3) is 0.667. The number of piperidine rings is 1. The van der Waals surface area contributed by atoms with E-state index in [-0.39, 0.29) is 11.8 Å². The van der Waals surface area contributed by atoms with E-state index in [1.54, 1.807) is 4.52 Å². The predicted molar refractivity (Wildman–Crippen MR) is 95.5 cm³/mol. The molecular formula is C18H26N6O. The molecule has 134 valence electrons. The molecule has 4 rings (SSSR count). The first-order valence-electron chi connectivity index (χ1n) is 9.43. The molecule has 0 atom stereocenters. The second-order valence-electron chi connectivity index (χ2n) is 7.33. The van der Waals surface area contributed by atoms with Gasteiger partial charge in [0.05, 0.1) is 0 Å². The molecule has 2 aromatic heterocycles. The van der Waals surface area contributed by atoms with E-state index in [0.717, 1.165) is 50.3 Å². The molecule has 2 fully saturated rings. The standard InChI is InChI=1S/C18H26N6O/c1-13-11-16(24-18(21-13)19-12-20-24)23-9-7-14(8-10-23)17(25)22-15-5-3-2-4-6-15/h11-12,14-15H,2-10H2,1H3,(H,22,25). The topological polar surface area (TPSA) is 75.4 Å². The highest BCUT2D eigenvalue weighted by molar-refractivity contribution is 5.79. The largest absolute Gasteiger partial charge is 0.356 e. The minimum absolute atomic E-state index is 0.132. The molecule has 2 aromatic rings. The molecule has 7 nitrogen and oxygen atoms in total. The summed E-state index contributed by atoms with van der Waals surface area (Å²) in [7, 11) is 0. The van der Waals surface area contributed by atoms with Crippen LogP contribution >= 0.6 is 0 Å². The fourth-order valence-electron chi connectivity index (χ4n) is 4.07. The average molecular weight is 342 g/mol. The Morgan fingerprint density at radius 1 is 1.16 bits per heavy atom. The summed E-state index contributed by atoms with van der Waals surface area (Å²) in [6.45, 7) is 3.70. The Labute approximate surface area is 147 Å². The van der Waals surface area contributed by atoms with Crippen molar-refractivity contribution in [1.29, 1.82) is 0 Å². The monoisotopic (exact) mass is 342 g/mol. The quantitative estimate of drug-likeness (QED) is 0.924. The third kappa shape index (κ3) is 3.45. The summed E-state index contributed by atoms with van der Waals surface area (Å²) in [5.74, 6) is 2.04. The molecule has 3 heterocycles. The SMILES string of the molecule is Cc1cc(N2CCC(C(=O)NC3CCCCC3)CC2)n2ncnc2n1. The van der Waals surface area contributed by atoms with Crippen LogP contribution < -0.4 is 10.2 Å². The zero-order chi connectivity index (χ0) is 17.2. The molecule has 0 unspecified atom stereocenters. The number of amides is 1. The van der Waals surface area contributed by atoms with Gasteiger partial charge in [-0.05, 0) is 32.6 Å². The lowest BCUT2D eigenvalue weighted by Crippen LogP contribution is -2.44. The Bertz CT molecular complexity index is 743. The number of aryl methyl sites for hydroxylation is 1. The van der Waals surface area contributed by atoms with Crippen LogP contribution in [0.2, 0.25) is 0 Å². The molecule has 0 bridgehead atoms. The fourth-order valence-corrected chi connectivity index (χ4v) is 4.07. The van der Waals surface area contributed by atoms with Gasteiger partial charge < -0.3 is 10.2 Å². The molecule has 1 amide bonds. The van der Waals surface area contributed by atoms with E-state index in [1.807, 2.05) is 13.0 Å². The maximum absolute atomic E-state index is 12.6. The van der Waals surface area contributed by atoms with Crippen LogP contribution in [0.15, 0.2) is 12.4 Å². The maximum atomic E-state index is 12.6. The van der Waals surface area contributed by atoms with Crippen molar-refractivity contribution in [2.45, 2.75) is 57.9 Å². The van der Waals surface area contributed by atoms with Gasteiger partial charge in [0.1, 0.15) is 12.1 Å². The van der Waals surface area contributed by atoms with E-state index in [1.165, 1.54) is 25.6 Å². The minimum atomic E-state index is 0.132. The van der Waals surface area contributed by atoms with Crippen molar-refractivity contribution in [1.82, 2.24) is 24.9 Å². The van der Waals surface area contributed by atoms with Crippen molar-refractivity contribution >= 4 is 17.5 Å². The van der Waals surface area contributed by atoms with Crippen LogP contribution in [0.25, 0.3) is 5.78 Å². The lowest BCUT2D eigenvalue weighted by atomic mass is 9.92. The van der Waals surface area contributed by atoms with E-state index >= 15 is 0 Å². The second-order valence-corrected chi connectivity index (χ2v) is 7.33. The maximum Gasteiger partial charge on any atom is 0.254 e. The summed E-state index contributed by atoms with van der Waals surface area (Å²) in [4.78, 5) is 23.5. The molecule has 1 aliphatic carbocycles. The van der Waals surface area contributed by atoms with Gasteiger partial charge in [-0.25, -0.2) is 4.98 Å². The predicted octanol–water partition coefficient (Wildman–Crippen LogP) is 2.10. The Morgan fingerprint density at radius 3 is 2.68 bits per heavy atom. The lowest BCUT2D eigenvalue weighted by Gasteiger charge is -2.34. The van der Waals surface area contributed by atoms with Crippen LogP contribution in [-0.2, 0) is 4.79 Å². The molecule has 1 saturated heterocycles. The zero-order valence-corrected chi connectivity index (χ0v) is 14.8. The first kappa shape index (κ1) is 16.3. The molecule has 25 heavy (non-hydrogen) atoms. The van der Waals surface area contributed by atoms with Crippen molar-refractivity contribution in [3.63, 3.8) is 0 Å². The molecule has 1 aliphatic heterocycles. The number of nitrogens with one attached hydrogen (secondary N) is 1. The molecular weight excluding hydrogens is 316 g/mol. The molecule has 0 aromatic carbocycles. The van der Waals surface area contributed by atoms with Gasteiger partial charge in [-0.2, -0.15) is 14.6 Å². The number of fused-ring (bicyclic) bond motifs is 1. The van der Waals surface area contributed by atoms with Gasteiger partial charge in [-0.15, -0.1) is 0 Å². The number of hydrogen-bond acceptors (Lipinski definition) is 5. The number of anilines is 1. The molecule has 1 saturated carbocycles. The summed E-state index contributed by atoms with van der Waals surface area (Å²) in [5, 5.41) is 7.57. The normalized spacial score (nSPS) is 20.1. The van der Waals surface area contributed by atoms with Crippen LogP contribution in [0.1, 0.15) is 50.6 Å². The van der Waals surface area contributed by atoms with Crippen LogP contribution in [0.5, 0.6) is 0 Å². The van der Waals surface area contributed by atoms with E-state index in [2.05, 4.69) is 25.3 Å². The second kappa shape index (κ2) is 6.98. The Hall–Kier alpha value is -2.18. The van der Waals surface area contributed by atoms with Crippen molar-refractivity contribution in [3.8, 4) is 0 Å². The van der Waals surface area contributed by atoms with Gasteiger partial charge in [0.2, 0.25) is 5.91 Å². The highest BCUT2D eigenvalue weighted by Crippen LogP contribution is 2.25. The number of rotatable bonds is 3. The zero-order valence-electron chi connectivity index (χ0n) is 14.8. The molecule has 0 radical (unpaired) electrons. The van der Waals surface area contributed by atoms with Crippen molar-refractivity contribution in [3.05, 3.63) is 18.1 Å². The Kier molecular flexibility index (Phi) is 4.55. The van der Waals surface area contributed by atoms with Crippen LogP contribution in [0.4, 0.5) is 5.82 Å². The molecule has 7 heteroatoms. The van der Waals surface area contributed by atoms with Gasteiger partial charge in [-0.3, -0.25) is 4.79 Å². The van der Waals surface area contributed by atoms with Crippen molar-refractivity contribution in [2.24, 2.45) is 5.92 Å². The summed E-state index contributed by atoms with van der Waals surface area (Å²) in [5.41, 5.74) is 0.938. The number of hydrogen-bond donors (Lipinski definition) is 1. The number of carbonyl (C=O) groups is 1. The van der Waals surface area contributed by atoms with Gasteiger partial charge in [0, 0.05) is 36.8 Å². The minimum Gasteiger partial charge on any atom is -0.356 e. The van der Waals surface area contributed by atoms with Crippen LogP contribution in [-0.4, -0.2) is 44.6 Å². The van der Waals surface area contributed by atoms with Gasteiger partial charge in [0.25, 0.3) is 5.78 Å². The van der Waals surface area contributed by atoms with E-state index in [9.17, 15) is 4.79 Å². The van der Waals surface area contributed by atoms with E-state index in [4.69, 9.17) is 0 Å². The lowest BCUT2D eigenvalue weighted by molar-refractivity contribution is -0.126. The third-order valence-electron chi connectivity index (χ3n) is 5.50. The van der Waals surface area contributed by atoms with Gasteiger partial charge in [0.15, 0.2) is 0 Å². The van der Waals surface area contributed by atoms with Crippen molar-refractivity contribution in [2.75, 3.05) is 18.0 Å². The highest BCUT2D eigenvalue weighted by atomic mass is 16.1. The summed E-state index contributed by atoms with van der Waals surface area (Å²) < 4.78 is 1.79. The number of carbonyl (C=O) groups excluding carboxylic acids is 1. The van der Waals surface area contributed by atoms with E-state index < -0.39 is 0 Å². The summed E-state index contributed by atoms with van der Waals surface area (Å²) >= 11 is 0. The smallest absolute Gasteiger partial charge is 0.254 e. The summed E-state index contributed by atoms with van der Waals surface area (Å²) in [6, 6.07) is 2.45. The van der Waals surface area contributed by atoms with Crippen LogP contribution in [0.3, 0.4) is 0 Å². The highest BCUT2D eigenvalue weighted by Gasteiger charge is 2.28. The van der Waals surface area contributed by atoms with E-state index in [0.29, 0.717) is 11.8 Å². The summed E-state index contributed by atoms with van der Waals surface area (Å²) in [6.07, 6.45) is 9.41. The molecule has 2 aliphatic rings. The third-order valence-corrected chi connectivity index (χ3v) is 5.50. The van der Waals surface area contributed by atoms with Crippen molar-refractivity contribution < 1.29 is 4.79 Å². The molecule has 1 N–H and O–H groups in total. The average Bonchev–Trinajstić information content (AvgIpc) is 3.10. The van der Waals surface area contributed by atoms with Gasteiger partial charge >= 0.3 is 0 Å². The number of nitrogens with zero attached hydrogens (tertiary/aromatic N) is 5. The first-order valence-corrected chi connectivity index (χ1v) is 9.43. The number of aromatic nitrogens is 4. The van der Waals surface area contributed by atoms with Gasteiger partial charge in [-0.1, -0.05) is 19.3 Å².